The van der Waals surface area contributed by atoms with Gasteiger partial charge in [0.05, 0.1) is 0 Å². The van der Waals surface area contributed by atoms with E-state index in [1.165, 1.54) is 4.68 Å². The normalized spacial score (nSPS) is 14.6. The van der Waals surface area contributed by atoms with E-state index < -0.39 is 23.7 Å². The van der Waals surface area contributed by atoms with Gasteiger partial charge in [-0.1, -0.05) is 0 Å². The summed E-state index contributed by atoms with van der Waals surface area (Å²) in [5.41, 5.74) is -0.566. The van der Waals surface area contributed by atoms with Gasteiger partial charge in [-0.2, -0.15) is 5.10 Å². The topological polar surface area (TPSA) is 73.2 Å². The monoisotopic (exact) mass is 267 g/mol. The minimum absolute atomic E-state index is 0.276. The third-order valence-electron chi connectivity index (χ3n) is 2.42. The molecule has 106 valence electrons. The Labute approximate surface area is 113 Å². The smallest absolute Gasteiger partial charge is 0.328 e. The molecule has 0 aliphatic heterocycles. The molecule has 0 saturated heterocycles. The Morgan fingerprint density at radius 1 is 1.32 bits per heavy atom. The predicted octanol–water partition coefficient (Wildman–Crippen LogP) is 1.29. The lowest BCUT2D eigenvalue weighted by Gasteiger charge is -2.23. The van der Waals surface area contributed by atoms with Crippen LogP contribution >= 0.6 is 0 Å². The van der Waals surface area contributed by atoms with Gasteiger partial charge < -0.3 is 10.1 Å². The number of ether oxygens (including phenoxy) is 1. The van der Waals surface area contributed by atoms with Crippen molar-refractivity contribution < 1.29 is 14.3 Å². The van der Waals surface area contributed by atoms with Crippen molar-refractivity contribution in [2.75, 3.05) is 0 Å². The van der Waals surface area contributed by atoms with Crippen molar-refractivity contribution in [3.05, 3.63) is 18.5 Å². The summed E-state index contributed by atoms with van der Waals surface area (Å²) < 4.78 is 6.72. The first kappa shape index (κ1) is 15.2. The summed E-state index contributed by atoms with van der Waals surface area (Å²) in [4.78, 5) is 23.7. The molecule has 1 N–H and O–H groups in total. The summed E-state index contributed by atoms with van der Waals surface area (Å²) in [5, 5.41) is 6.60. The molecule has 1 aromatic heterocycles. The third kappa shape index (κ3) is 4.73. The van der Waals surface area contributed by atoms with E-state index in [-0.39, 0.29) is 5.91 Å². The molecule has 6 nitrogen and oxygen atoms in total. The van der Waals surface area contributed by atoms with E-state index in [2.05, 4.69) is 10.4 Å². The molecule has 1 amide bonds. The molecule has 0 spiro atoms. The largest absolute Gasteiger partial charge is 0.458 e. The zero-order chi connectivity index (χ0) is 14.6. The lowest BCUT2D eigenvalue weighted by Crippen LogP contribution is -2.44. The van der Waals surface area contributed by atoms with Gasteiger partial charge in [0.25, 0.3) is 0 Å². The van der Waals surface area contributed by atoms with Crippen LogP contribution in [0.25, 0.3) is 0 Å². The molecule has 0 aliphatic rings. The van der Waals surface area contributed by atoms with E-state index in [0.29, 0.717) is 0 Å². The van der Waals surface area contributed by atoms with E-state index >= 15 is 0 Å². The van der Waals surface area contributed by atoms with Crippen molar-refractivity contribution in [1.29, 1.82) is 0 Å². The van der Waals surface area contributed by atoms with Crippen LogP contribution in [0.15, 0.2) is 18.5 Å². The molecule has 1 rings (SSSR count). The van der Waals surface area contributed by atoms with E-state index in [4.69, 9.17) is 4.74 Å². The highest BCUT2D eigenvalue weighted by Crippen LogP contribution is 2.09. The van der Waals surface area contributed by atoms with E-state index in [1.807, 2.05) is 0 Å². The van der Waals surface area contributed by atoms with Crippen molar-refractivity contribution in [3.8, 4) is 0 Å². The van der Waals surface area contributed by atoms with E-state index in [0.717, 1.165) is 0 Å². The minimum Gasteiger partial charge on any atom is -0.458 e. The number of nitrogens with zero attached hydrogens (tertiary/aromatic N) is 2. The van der Waals surface area contributed by atoms with Crippen LogP contribution in [0.5, 0.6) is 0 Å². The fraction of sp³-hybridized carbons (Fsp3) is 0.615. The summed E-state index contributed by atoms with van der Waals surface area (Å²) in [7, 11) is 0. The highest BCUT2D eigenvalue weighted by Gasteiger charge is 2.25. The van der Waals surface area contributed by atoms with Gasteiger partial charge in [0.15, 0.2) is 0 Å². The average molecular weight is 267 g/mol. The van der Waals surface area contributed by atoms with Gasteiger partial charge in [-0.25, -0.2) is 4.79 Å². The van der Waals surface area contributed by atoms with Crippen LogP contribution in [0, 0.1) is 0 Å². The number of nitrogens with one attached hydrogen (secondary N) is 1. The highest BCUT2D eigenvalue weighted by atomic mass is 16.6. The Morgan fingerprint density at radius 3 is 2.42 bits per heavy atom. The molecule has 6 heteroatoms. The summed E-state index contributed by atoms with van der Waals surface area (Å²) in [6.45, 7) is 8.66. The van der Waals surface area contributed by atoms with Gasteiger partial charge in [-0.15, -0.1) is 0 Å². The standard InChI is InChI=1S/C13H21N3O3/c1-9(12(18)19-13(3,4)5)15-11(17)10(2)16-8-6-7-14-16/h6-10H,1-5H3,(H,15,17)/t9-,10?/m0/s1. The molecule has 0 bridgehead atoms. The molecular formula is C13H21N3O3. The lowest BCUT2D eigenvalue weighted by atomic mass is 10.2. The maximum Gasteiger partial charge on any atom is 0.328 e. The van der Waals surface area contributed by atoms with Crippen LogP contribution in [-0.2, 0) is 14.3 Å². The number of esters is 1. The Hall–Kier alpha value is -1.85. The molecular weight excluding hydrogens is 246 g/mol. The number of aromatic nitrogens is 2. The third-order valence-corrected chi connectivity index (χ3v) is 2.42. The van der Waals surface area contributed by atoms with Gasteiger partial charge >= 0.3 is 5.97 Å². The summed E-state index contributed by atoms with van der Waals surface area (Å²) in [5.74, 6) is -0.726. The van der Waals surface area contributed by atoms with Crippen LogP contribution in [0.1, 0.15) is 40.7 Å². The summed E-state index contributed by atoms with van der Waals surface area (Å²) >= 11 is 0. The molecule has 0 aromatic carbocycles. The highest BCUT2D eigenvalue weighted by molar-refractivity contribution is 5.86. The van der Waals surface area contributed by atoms with Crippen molar-refractivity contribution in [2.24, 2.45) is 0 Å². The molecule has 2 atom stereocenters. The second kappa shape index (κ2) is 5.86. The van der Waals surface area contributed by atoms with Crippen LogP contribution in [0.3, 0.4) is 0 Å². The van der Waals surface area contributed by atoms with Gasteiger partial charge in [0, 0.05) is 12.4 Å². The molecule has 0 radical (unpaired) electrons. The fourth-order valence-corrected chi connectivity index (χ4v) is 1.41. The summed E-state index contributed by atoms with van der Waals surface area (Å²) in [6, 6.07) is 0.575. The van der Waals surface area contributed by atoms with Crippen molar-refractivity contribution >= 4 is 11.9 Å². The summed E-state index contributed by atoms with van der Waals surface area (Å²) in [6.07, 6.45) is 3.30. The number of carbonyl (C=O) groups excluding carboxylic acids is 2. The first-order chi connectivity index (χ1) is 8.70. The lowest BCUT2D eigenvalue weighted by molar-refractivity contribution is -0.158. The molecule has 1 unspecified atom stereocenters. The molecule has 1 heterocycles. The number of rotatable bonds is 4. The zero-order valence-electron chi connectivity index (χ0n) is 12.0. The first-order valence-electron chi connectivity index (χ1n) is 6.23. The molecule has 0 saturated carbocycles. The van der Waals surface area contributed by atoms with Gasteiger partial charge in [0.1, 0.15) is 17.7 Å². The quantitative estimate of drug-likeness (QED) is 0.834. The number of hydrogen-bond donors (Lipinski definition) is 1. The van der Waals surface area contributed by atoms with Crippen molar-refractivity contribution in [3.63, 3.8) is 0 Å². The molecule has 0 fully saturated rings. The minimum atomic E-state index is -0.690. The van der Waals surface area contributed by atoms with Crippen LogP contribution in [0.4, 0.5) is 0 Å². The Morgan fingerprint density at radius 2 is 1.95 bits per heavy atom. The SMILES string of the molecule is CC(C(=O)N[C@@H](C)C(=O)OC(C)(C)C)n1cccn1. The second-order valence-corrected chi connectivity index (χ2v) is 5.43. The van der Waals surface area contributed by atoms with Crippen molar-refractivity contribution in [2.45, 2.75) is 52.3 Å². The maximum absolute atomic E-state index is 11.9. The second-order valence-electron chi connectivity index (χ2n) is 5.43. The zero-order valence-corrected chi connectivity index (χ0v) is 12.0. The Kier molecular flexibility index (Phi) is 4.69. The fourth-order valence-electron chi connectivity index (χ4n) is 1.41. The van der Waals surface area contributed by atoms with Crippen molar-refractivity contribution in [1.82, 2.24) is 15.1 Å². The van der Waals surface area contributed by atoms with Gasteiger partial charge in [-0.05, 0) is 40.7 Å². The average Bonchev–Trinajstić information content (AvgIpc) is 2.78. The molecule has 19 heavy (non-hydrogen) atoms. The predicted molar refractivity (Wildman–Crippen MR) is 70.4 cm³/mol. The molecule has 1 aromatic rings. The Bertz CT molecular complexity index is 434. The maximum atomic E-state index is 11.9. The van der Waals surface area contributed by atoms with Crippen LogP contribution in [0.2, 0.25) is 0 Å². The van der Waals surface area contributed by atoms with Crippen LogP contribution < -0.4 is 5.32 Å². The number of hydrogen-bond acceptors (Lipinski definition) is 4. The van der Waals surface area contributed by atoms with Crippen LogP contribution in [-0.4, -0.2) is 33.3 Å². The number of amides is 1. The van der Waals surface area contributed by atoms with E-state index in [9.17, 15) is 9.59 Å². The van der Waals surface area contributed by atoms with E-state index in [1.54, 1.807) is 53.1 Å². The van der Waals surface area contributed by atoms with Gasteiger partial charge in [-0.3, -0.25) is 9.48 Å². The Balaban J connectivity index is 2.55. The first-order valence-corrected chi connectivity index (χ1v) is 6.23. The van der Waals surface area contributed by atoms with Gasteiger partial charge in [0.2, 0.25) is 5.91 Å². The molecule has 0 aliphatic carbocycles. The number of carbonyl (C=O) groups is 2.